The summed E-state index contributed by atoms with van der Waals surface area (Å²) in [6.45, 7) is 3.38. The van der Waals surface area contributed by atoms with Crippen LogP contribution in [0.1, 0.15) is 24.2 Å². The molecular formula is C13H17N3O5. The van der Waals surface area contributed by atoms with Gasteiger partial charge in [-0.1, -0.05) is 13.8 Å². The Kier molecular flexibility index (Phi) is 5.23. The monoisotopic (exact) mass is 295 g/mol. The Morgan fingerprint density at radius 3 is 2.38 bits per heavy atom. The van der Waals surface area contributed by atoms with Gasteiger partial charge in [-0.25, -0.2) is 4.79 Å². The molecule has 0 radical (unpaired) electrons. The van der Waals surface area contributed by atoms with Gasteiger partial charge < -0.3 is 15.7 Å². The van der Waals surface area contributed by atoms with Gasteiger partial charge in [0.05, 0.1) is 4.92 Å². The predicted molar refractivity (Wildman–Crippen MR) is 76.4 cm³/mol. The second-order valence-electron chi connectivity index (χ2n) is 4.77. The Labute approximate surface area is 121 Å². The van der Waals surface area contributed by atoms with Crippen molar-refractivity contribution in [1.82, 2.24) is 5.32 Å². The zero-order valence-corrected chi connectivity index (χ0v) is 11.9. The number of rotatable bonds is 6. The summed E-state index contributed by atoms with van der Waals surface area (Å²) in [5.41, 5.74) is -0.150. The number of carboxylic acids is 1. The average molecular weight is 295 g/mol. The molecule has 0 aliphatic rings. The van der Waals surface area contributed by atoms with Crippen LogP contribution in [0.2, 0.25) is 0 Å². The number of nitro benzene ring substituents is 1. The molecule has 0 aromatic heterocycles. The van der Waals surface area contributed by atoms with Crippen molar-refractivity contribution in [2.75, 3.05) is 12.4 Å². The molecule has 1 rings (SSSR count). The van der Waals surface area contributed by atoms with E-state index in [1.807, 2.05) is 0 Å². The van der Waals surface area contributed by atoms with E-state index in [1.165, 1.54) is 19.2 Å². The van der Waals surface area contributed by atoms with Gasteiger partial charge >= 0.3 is 5.97 Å². The van der Waals surface area contributed by atoms with Crippen molar-refractivity contribution in [2.24, 2.45) is 5.92 Å². The van der Waals surface area contributed by atoms with E-state index in [2.05, 4.69) is 10.6 Å². The first-order chi connectivity index (χ1) is 9.77. The first kappa shape index (κ1) is 16.4. The topological polar surface area (TPSA) is 122 Å². The molecule has 21 heavy (non-hydrogen) atoms. The smallest absolute Gasteiger partial charge is 0.326 e. The highest BCUT2D eigenvalue weighted by Gasteiger charge is 2.25. The summed E-state index contributed by atoms with van der Waals surface area (Å²) >= 11 is 0. The number of nitrogens with zero attached hydrogens (tertiary/aromatic N) is 1. The van der Waals surface area contributed by atoms with E-state index in [-0.39, 0.29) is 22.9 Å². The van der Waals surface area contributed by atoms with E-state index >= 15 is 0 Å². The molecule has 0 spiro atoms. The van der Waals surface area contributed by atoms with Gasteiger partial charge in [-0.2, -0.15) is 0 Å². The minimum absolute atomic E-state index is 0.0637. The van der Waals surface area contributed by atoms with Crippen molar-refractivity contribution in [3.8, 4) is 0 Å². The molecule has 0 saturated heterocycles. The molecule has 3 N–H and O–H groups in total. The van der Waals surface area contributed by atoms with Crippen LogP contribution < -0.4 is 10.6 Å². The maximum atomic E-state index is 11.5. The highest BCUT2D eigenvalue weighted by atomic mass is 16.6. The number of hydrogen-bond acceptors (Lipinski definition) is 5. The summed E-state index contributed by atoms with van der Waals surface area (Å²) < 4.78 is 0. The molecule has 8 nitrogen and oxygen atoms in total. The number of carbonyl (C=O) groups excluding carboxylic acids is 1. The third-order valence-corrected chi connectivity index (χ3v) is 2.93. The maximum Gasteiger partial charge on any atom is 0.326 e. The van der Waals surface area contributed by atoms with Crippen LogP contribution in [0.25, 0.3) is 0 Å². The summed E-state index contributed by atoms with van der Waals surface area (Å²) in [4.78, 5) is 33.1. The number of hydrogen-bond donors (Lipinski definition) is 3. The molecule has 0 aliphatic carbocycles. The van der Waals surface area contributed by atoms with Crippen molar-refractivity contribution < 1.29 is 19.6 Å². The van der Waals surface area contributed by atoms with E-state index in [0.29, 0.717) is 0 Å². The Morgan fingerprint density at radius 2 is 1.95 bits per heavy atom. The molecule has 0 bridgehead atoms. The van der Waals surface area contributed by atoms with E-state index in [0.717, 1.165) is 6.07 Å². The lowest BCUT2D eigenvalue weighted by molar-refractivity contribution is -0.384. The minimum atomic E-state index is -1.10. The summed E-state index contributed by atoms with van der Waals surface area (Å²) in [5, 5.41) is 25.2. The fourth-order valence-electron chi connectivity index (χ4n) is 1.77. The van der Waals surface area contributed by atoms with Gasteiger partial charge in [0.25, 0.3) is 11.6 Å². The van der Waals surface area contributed by atoms with Gasteiger partial charge in [-0.3, -0.25) is 14.9 Å². The summed E-state index contributed by atoms with van der Waals surface area (Å²) in [6, 6.07) is 2.88. The van der Waals surface area contributed by atoms with Gasteiger partial charge in [0.15, 0.2) is 0 Å². The lowest BCUT2D eigenvalue weighted by Crippen LogP contribution is -2.34. The van der Waals surface area contributed by atoms with E-state index < -0.39 is 22.8 Å². The normalized spacial score (nSPS) is 11.8. The zero-order chi connectivity index (χ0) is 16.2. The Morgan fingerprint density at radius 1 is 1.33 bits per heavy atom. The van der Waals surface area contributed by atoms with Crippen LogP contribution in [0.3, 0.4) is 0 Å². The number of benzene rings is 1. The molecule has 114 valence electrons. The highest BCUT2D eigenvalue weighted by molar-refractivity contribution is 5.95. The molecule has 0 aliphatic heterocycles. The molecule has 1 aromatic carbocycles. The number of nitrogens with one attached hydrogen (secondary N) is 2. The van der Waals surface area contributed by atoms with Crippen LogP contribution in [0, 0.1) is 16.0 Å². The summed E-state index contributed by atoms with van der Waals surface area (Å²) in [7, 11) is 1.42. The summed E-state index contributed by atoms with van der Waals surface area (Å²) in [5.74, 6) is -1.82. The molecular weight excluding hydrogens is 278 g/mol. The van der Waals surface area contributed by atoms with E-state index in [1.54, 1.807) is 13.8 Å². The third-order valence-electron chi connectivity index (χ3n) is 2.93. The third kappa shape index (κ3) is 3.91. The quantitative estimate of drug-likeness (QED) is 0.539. The fraction of sp³-hybridized carbons (Fsp3) is 0.385. The molecule has 1 atom stereocenters. The molecule has 0 heterocycles. The van der Waals surface area contributed by atoms with Gasteiger partial charge in [-0.15, -0.1) is 0 Å². The van der Waals surface area contributed by atoms with Gasteiger partial charge in [0, 0.05) is 18.7 Å². The molecule has 0 fully saturated rings. The lowest BCUT2D eigenvalue weighted by Gasteiger charge is -2.19. The predicted octanol–water partition coefficient (Wildman–Crippen LogP) is 1.48. The van der Waals surface area contributed by atoms with Crippen molar-refractivity contribution in [3.05, 3.63) is 33.9 Å². The molecule has 0 unspecified atom stereocenters. The zero-order valence-electron chi connectivity index (χ0n) is 11.9. The molecule has 1 amide bonds. The van der Waals surface area contributed by atoms with Crippen molar-refractivity contribution in [2.45, 2.75) is 19.9 Å². The van der Waals surface area contributed by atoms with Gasteiger partial charge in [0.1, 0.15) is 11.7 Å². The molecule has 8 heteroatoms. The number of nitro groups is 1. The van der Waals surface area contributed by atoms with Crippen molar-refractivity contribution in [1.29, 1.82) is 0 Å². The Bertz CT molecular complexity index is 571. The van der Waals surface area contributed by atoms with E-state index in [4.69, 9.17) is 5.11 Å². The van der Waals surface area contributed by atoms with E-state index in [9.17, 15) is 19.7 Å². The van der Waals surface area contributed by atoms with Crippen LogP contribution in [0.5, 0.6) is 0 Å². The second kappa shape index (κ2) is 6.69. The van der Waals surface area contributed by atoms with Crippen LogP contribution in [0.4, 0.5) is 11.4 Å². The Hall–Kier alpha value is -2.64. The maximum absolute atomic E-state index is 11.5. The largest absolute Gasteiger partial charge is 0.480 e. The lowest BCUT2D eigenvalue weighted by atomic mass is 10.0. The average Bonchev–Trinajstić information content (AvgIpc) is 2.42. The standard InChI is InChI=1S/C13H17N3O5/c1-7(2)11(13(18)19)15-9-5-4-8(12(17)14-3)6-10(9)16(20)21/h4-7,11,15H,1-3H3,(H,14,17)(H,18,19)/t11-/m0/s1. The SMILES string of the molecule is CNC(=O)c1ccc(N[C@H](C(=O)O)C(C)C)c([N+](=O)[O-])c1. The minimum Gasteiger partial charge on any atom is -0.480 e. The highest BCUT2D eigenvalue weighted by Crippen LogP contribution is 2.27. The Balaban J connectivity index is 3.21. The number of carbonyl (C=O) groups is 2. The van der Waals surface area contributed by atoms with Crippen LogP contribution in [0.15, 0.2) is 18.2 Å². The molecule has 1 aromatic rings. The first-order valence-corrected chi connectivity index (χ1v) is 6.27. The van der Waals surface area contributed by atoms with Crippen molar-refractivity contribution >= 4 is 23.3 Å². The number of carboxylic acid groups (broad SMARTS) is 1. The summed E-state index contributed by atoms with van der Waals surface area (Å²) in [6.07, 6.45) is 0. The fourth-order valence-corrected chi connectivity index (χ4v) is 1.77. The van der Waals surface area contributed by atoms with Gasteiger partial charge in [-0.05, 0) is 18.1 Å². The second-order valence-corrected chi connectivity index (χ2v) is 4.77. The van der Waals surface area contributed by atoms with Crippen molar-refractivity contribution in [3.63, 3.8) is 0 Å². The van der Waals surface area contributed by atoms with Crippen LogP contribution in [-0.2, 0) is 4.79 Å². The first-order valence-electron chi connectivity index (χ1n) is 6.27. The van der Waals surface area contributed by atoms with Crippen LogP contribution in [-0.4, -0.2) is 35.0 Å². The van der Waals surface area contributed by atoms with Crippen LogP contribution >= 0.6 is 0 Å². The van der Waals surface area contributed by atoms with Gasteiger partial charge in [0.2, 0.25) is 0 Å². The molecule has 0 saturated carbocycles. The number of aliphatic carboxylic acids is 1. The number of anilines is 1. The number of amides is 1.